The lowest BCUT2D eigenvalue weighted by atomic mass is 9.97. The summed E-state index contributed by atoms with van der Waals surface area (Å²) < 4.78 is 82.8. The molecule has 2 heterocycles. The van der Waals surface area contributed by atoms with E-state index >= 15 is 0 Å². The van der Waals surface area contributed by atoms with Gasteiger partial charge in [-0.25, -0.2) is 4.98 Å². The first-order valence-electron chi connectivity index (χ1n) is 9.57. The van der Waals surface area contributed by atoms with Gasteiger partial charge in [0.25, 0.3) is 0 Å². The predicted molar refractivity (Wildman–Crippen MR) is 101 cm³/mol. The molecule has 0 spiro atoms. The van der Waals surface area contributed by atoms with E-state index < -0.39 is 23.5 Å². The van der Waals surface area contributed by atoms with Gasteiger partial charge in [-0.2, -0.15) is 32.2 Å². The van der Waals surface area contributed by atoms with Crippen LogP contribution in [-0.4, -0.2) is 23.7 Å². The lowest BCUT2D eigenvalue weighted by Gasteiger charge is -2.40. The van der Waals surface area contributed by atoms with E-state index in [1.165, 1.54) is 6.07 Å². The maximum absolute atomic E-state index is 12.9. The van der Waals surface area contributed by atoms with Crippen molar-refractivity contribution in [3.8, 4) is 11.5 Å². The van der Waals surface area contributed by atoms with Crippen molar-refractivity contribution in [2.75, 3.05) is 11.4 Å². The zero-order valence-electron chi connectivity index (χ0n) is 16.5. The summed E-state index contributed by atoms with van der Waals surface area (Å²) in [4.78, 5) is 10.4. The lowest BCUT2D eigenvalue weighted by molar-refractivity contribution is -0.138. The molecular formula is C20H21F6N3O2. The van der Waals surface area contributed by atoms with Crippen molar-refractivity contribution >= 4 is 5.82 Å². The molecule has 1 aromatic carbocycles. The average molecular weight is 449 g/mol. The molecule has 31 heavy (non-hydrogen) atoms. The van der Waals surface area contributed by atoms with Gasteiger partial charge in [-0.05, 0) is 36.8 Å². The Morgan fingerprint density at radius 3 is 2.26 bits per heavy atom. The second-order valence-electron chi connectivity index (χ2n) is 7.20. The third kappa shape index (κ3) is 5.33. The Hall–Kier alpha value is -2.69. The van der Waals surface area contributed by atoms with Crippen LogP contribution in [-0.2, 0) is 12.4 Å². The molecule has 1 aliphatic heterocycles. The third-order valence-electron chi connectivity index (χ3n) is 5.20. The smallest absolute Gasteiger partial charge is 0.417 e. The number of rotatable bonds is 5. The summed E-state index contributed by atoms with van der Waals surface area (Å²) in [6, 6.07) is 5.08. The van der Waals surface area contributed by atoms with Gasteiger partial charge < -0.3 is 14.5 Å². The second kappa shape index (κ2) is 8.81. The van der Waals surface area contributed by atoms with Gasteiger partial charge in [0.2, 0.25) is 0 Å². The Bertz CT molecular complexity index is 886. The summed E-state index contributed by atoms with van der Waals surface area (Å²) >= 11 is 0. The Balaban J connectivity index is 1.71. The molecule has 0 bridgehead atoms. The zero-order chi connectivity index (χ0) is 22.8. The number of nitrogens with zero attached hydrogens (tertiary/aromatic N) is 2. The summed E-state index contributed by atoms with van der Waals surface area (Å²) in [5, 5.41) is 0. The minimum absolute atomic E-state index is 0.0697. The summed E-state index contributed by atoms with van der Waals surface area (Å²) in [5.74, 6) is 5.41. The van der Waals surface area contributed by atoms with Gasteiger partial charge in [-0.1, -0.05) is 6.92 Å². The van der Waals surface area contributed by atoms with Crippen molar-refractivity contribution in [1.29, 1.82) is 0 Å². The number of alkyl halides is 6. The van der Waals surface area contributed by atoms with Gasteiger partial charge in [0.05, 0.1) is 11.1 Å². The van der Waals surface area contributed by atoms with Crippen LogP contribution in [0.4, 0.5) is 32.2 Å². The molecule has 0 aliphatic carbocycles. The van der Waals surface area contributed by atoms with Crippen LogP contribution >= 0.6 is 0 Å². The molecule has 2 N–H and O–H groups in total. The quantitative estimate of drug-likeness (QED) is 0.503. The Morgan fingerprint density at radius 1 is 1.03 bits per heavy atom. The first kappa shape index (κ1) is 23.0. The summed E-state index contributed by atoms with van der Waals surface area (Å²) in [5.41, 5.74) is -1.73. The van der Waals surface area contributed by atoms with Gasteiger partial charge in [-0.3, -0.25) is 0 Å². The number of piperidine rings is 1. The standard InChI is InChI=1S/C20H21F6N3O2/c1-2-14-10-15(30-16-5-3-12(19(21,22)23)9-17(16)31-27)7-8-29(14)18-6-4-13(11-28-18)20(24,25)26/h3-6,9,11,14-15H,2,7-8,10,27H2,1H3/t14-,15-/m0/s1. The van der Waals surface area contributed by atoms with Gasteiger partial charge in [0.1, 0.15) is 11.9 Å². The molecule has 1 saturated heterocycles. The van der Waals surface area contributed by atoms with Crippen LogP contribution in [0.2, 0.25) is 0 Å². The highest BCUT2D eigenvalue weighted by molar-refractivity contribution is 5.45. The van der Waals surface area contributed by atoms with Gasteiger partial charge in [-0.15, -0.1) is 0 Å². The number of hydrogen-bond donors (Lipinski definition) is 1. The minimum atomic E-state index is -4.54. The largest absolute Gasteiger partial charge is 0.486 e. The predicted octanol–water partition coefficient (Wildman–Crippen LogP) is 5.20. The number of hydrogen-bond acceptors (Lipinski definition) is 5. The molecular weight excluding hydrogens is 428 g/mol. The van der Waals surface area contributed by atoms with E-state index in [-0.39, 0.29) is 23.6 Å². The molecule has 0 saturated carbocycles. The van der Waals surface area contributed by atoms with Crippen molar-refractivity contribution < 1.29 is 35.9 Å². The molecule has 170 valence electrons. The average Bonchev–Trinajstić information content (AvgIpc) is 2.72. The number of benzene rings is 1. The van der Waals surface area contributed by atoms with Gasteiger partial charge in [0.15, 0.2) is 11.5 Å². The van der Waals surface area contributed by atoms with E-state index in [0.717, 1.165) is 30.5 Å². The molecule has 1 fully saturated rings. The second-order valence-corrected chi connectivity index (χ2v) is 7.20. The topological polar surface area (TPSA) is 60.6 Å². The van der Waals surface area contributed by atoms with E-state index in [1.54, 1.807) is 0 Å². The fraction of sp³-hybridized carbons (Fsp3) is 0.450. The number of pyridine rings is 1. The number of nitrogens with two attached hydrogens (primary N) is 1. The van der Waals surface area contributed by atoms with E-state index in [4.69, 9.17) is 10.6 Å². The Morgan fingerprint density at radius 2 is 1.71 bits per heavy atom. The van der Waals surface area contributed by atoms with Gasteiger partial charge in [0, 0.05) is 31.6 Å². The SMILES string of the molecule is CC[C@H]1C[C@@H](Oc2ccc(C(F)(F)F)cc2ON)CCN1c1ccc(C(F)(F)F)cn1. The molecule has 2 aromatic rings. The molecule has 11 heteroatoms. The molecule has 1 aromatic heterocycles. The van der Waals surface area contributed by atoms with Crippen LogP contribution in [0.1, 0.15) is 37.3 Å². The van der Waals surface area contributed by atoms with E-state index in [0.29, 0.717) is 31.6 Å². The van der Waals surface area contributed by atoms with Crippen LogP contribution < -0.4 is 20.4 Å². The van der Waals surface area contributed by atoms with Crippen LogP contribution in [0, 0.1) is 0 Å². The summed E-state index contributed by atoms with van der Waals surface area (Å²) in [6.07, 6.45) is -6.86. The molecule has 0 radical (unpaired) electrons. The van der Waals surface area contributed by atoms with Crippen molar-refractivity contribution in [2.24, 2.45) is 5.90 Å². The number of aromatic nitrogens is 1. The van der Waals surface area contributed by atoms with Crippen LogP contribution in [0.15, 0.2) is 36.5 Å². The maximum Gasteiger partial charge on any atom is 0.417 e. The third-order valence-corrected chi connectivity index (χ3v) is 5.20. The van der Waals surface area contributed by atoms with Crippen LogP contribution in [0.5, 0.6) is 11.5 Å². The Kier molecular flexibility index (Phi) is 6.54. The summed E-state index contributed by atoms with van der Waals surface area (Å²) in [7, 11) is 0. The summed E-state index contributed by atoms with van der Waals surface area (Å²) in [6.45, 7) is 2.39. The molecule has 2 atom stereocenters. The first-order chi connectivity index (χ1) is 14.5. The zero-order valence-corrected chi connectivity index (χ0v) is 16.5. The normalized spacial score (nSPS) is 19.9. The molecule has 0 unspecified atom stereocenters. The number of halogens is 6. The van der Waals surface area contributed by atoms with Crippen LogP contribution in [0.25, 0.3) is 0 Å². The number of anilines is 1. The Labute approximate surface area is 174 Å². The highest BCUT2D eigenvalue weighted by Gasteiger charge is 2.34. The van der Waals surface area contributed by atoms with Crippen molar-refractivity contribution in [1.82, 2.24) is 4.98 Å². The highest BCUT2D eigenvalue weighted by Crippen LogP contribution is 2.38. The van der Waals surface area contributed by atoms with Crippen molar-refractivity contribution in [3.05, 3.63) is 47.7 Å². The fourth-order valence-corrected chi connectivity index (χ4v) is 3.59. The first-order valence-corrected chi connectivity index (χ1v) is 9.57. The lowest BCUT2D eigenvalue weighted by Crippen LogP contribution is -2.46. The fourth-order valence-electron chi connectivity index (χ4n) is 3.59. The van der Waals surface area contributed by atoms with Crippen molar-refractivity contribution in [3.63, 3.8) is 0 Å². The van der Waals surface area contributed by atoms with Gasteiger partial charge >= 0.3 is 12.4 Å². The van der Waals surface area contributed by atoms with Crippen molar-refractivity contribution in [2.45, 2.75) is 50.7 Å². The highest BCUT2D eigenvalue weighted by atomic mass is 19.4. The van der Waals surface area contributed by atoms with E-state index in [2.05, 4.69) is 9.82 Å². The molecule has 3 rings (SSSR count). The minimum Gasteiger partial charge on any atom is -0.486 e. The van der Waals surface area contributed by atoms with E-state index in [9.17, 15) is 26.3 Å². The molecule has 1 aliphatic rings. The number of ether oxygens (including phenoxy) is 1. The van der Waals surface area contributed by atoms with Crippen LogP contribution in [0.3, 0.4) is 0 Å². The maximum atomic E-state index is 12.9. The van der Waals surface area contributed by atoms with E-state index in [1.807, 2.05) is 11.8 Å². The molecule has 0 amide bonds. The monoisotopic (exact) mass is 449 g/mol. The molecule has 5 nitrogen and oxygen atoms in total.